The maximum Gasteiger partial charge on any atom is 0.341 e. The van der Waals surface area contributed by atoms with Crippen molar-refractivity contribution in [1.82, 2.24) is 0 Å². The largest absolute Gasteiger partial charge is 0.465 e. The number of amides is 1. The minimum atomic E-state index is -0.679. The molecule has 0 aliphatic heterocycles. The Morgan fingerprint density at radius 1 is 1.17 bits per heavy atom. The van der Waals surface area contributed by atoms with E-state index in [1.54, 1.807) is 18.2 Å². The van der Waals surface area contributed by atoms with Gasteiger partial charge in [0, 0.05) is 9.77 Å². The van der Waals surface area contributed by atoms with Gasteiger partial charge in [0.1, 0.15) is 5.00 Å². The van der Waals surface area contributed by atoms with E-state index in [1.807, 2.05) is 6.26 Å². The second-order valence-electron chi connectivity index (χ2n) is 6.73. The van der Waals surface area contributed by atoms with Crippen molar-refractivity contribution in [2.24, 2.45) is 0 Å². The van der Waals surface area contributed by atoms with E-state index < -0.39 is 24.5 Å². The highest BCUT2D eigenvalue weighted by Gasteiger charge is 2.26. The Hall–Kier alpha value is -2.03. The number of nitrogens with one attached hydrogen (secondary N) is 1. The number of carbonyl (C=O) groups is 3. The van der Waals surface area contributed by atoms with E-state index in [2.05, 4.69) is 5.32 Å². The Morgan fingerprint density at radius 3 is 2.67 bits per heavy atom. The van der Waals surface area contributed by atoms with E-state index in [9.17, 15) is 14.4 Å². The fourth-order valence-electron chi connectivity index (χ4n) is 3.31. The van der Waals surface area contributed by atoms with Crippen molar-refractivity contribution in [2.75, 3.05) is 25.3 Å². The summed E-state index contributed by atoms with van der Waals surface area (Å²) in [5, 5.41) is 3.41. The van der Waals surface area contributed by atoms with Gasteiger partial charge in [-0.15, -0.1) is 23.1 Å². The number of thiophene rings is 1. The molecule has 1 amide bonds. The summed E-state index contributed by atoms with van der Waals surface area (Å²) in [7, 11) is 1.32. The zero-order valence-corrected chi connectivity index (χ0v) is 19.1. The van der Waals surface area contributed by atoms with Crippen LogP contribution in [0.2, 0.25) is 5.02 Å². The highest BCUT2D eigenvalue weighted by molar-refractivity contribution is 7.98. The number of halogens is 1. The predicted molar refractivity (Wildman–Crippen MR) is 119 cm³/mol. The lowest BCUT2D eigenvalue weighted by Gasteiger charge is -2.09. The first-order valence-electron chi connectivity index (χ1n) is 9.48. The minimum Gasteiger partial charge on any atom is -0.465 e. The lowest BCUT2D eigenvalue weighted by molar-refractivity contribution is -0.119. The van der Waals surface area contributed by atoms with Crippen LogP contribution in [0.4, 0.5) is 5.00 Å². The van der Waals surface area contributed by atoms with Crippen molar-refractivity contribution < 1.29 is 23.9 Å². The summed E-state index contributed by atoms with van der Waals surface area (Å²) in [6.45, 7) is -0.484. The van der Waals surface area contributed by atoms with Crippen molar-refractivity contribution in [2.45, 2.75) is 37.0 Å². The molecule has 30 heavy (non-hydrogen) atoms. The zero-order valence-electron chi connectivity index (χ0n) is 16.7. The summed E-state index contributed by atoms with van der Waals surface area (Å²) in [4.78, 5) is 39.1. The van der Waals surface area contributed by atoms with E-state index in [-0.39, 0.29) is 10.6 Å². The van der Waals surface area contributed by atoms with Crippen molar-refractivity contribution in [3.05, 3.63) is 44.8 Å². The molecule has 6 nitrogen and oxygen atoms in total. The summed E-state index contributed by atoms with van der Waals surface area (Å²) in [5.74, 6) is -1.68. The summed E-state index contributed by atoms with van der Waals surface area (Å²) in [5.41, 5.74) is 1.57. The fraction of sp³-hybridized carbons (Fsp3) is 0.381. The van der Waals surface area contributed by atoms with Crippen LogP contribution in [0.1, 0.15) is 50.4 Å². The van der Waals surface area contributed by atoms with Gasteiger partial charge in [-0.1, -0.05) is 18.0 Å². The number of anilines is 1. The lowest BCUT2D eigenvalue weighted by Crippen LogP contribution is -2.22. The maximum atomic E-state index is 12.4. The van der Waals surface area contributed by atoms with Gasteiger partial charge in [-0.05, 0) is 55.7 Å². The van der Waals surface area contributed by atoms with Crippen LogP contribution in [-0.2, 0) is 27.1 Å². The average molecular weight is 468 g/mol. The smallest absolute Gasteiger partial charge is 0.341 e. The molecule has 0 saturated heterocycles. The first-order valence-corrected chi connectivity index (χ1v) is 11.9. The standard InChI is InChI=1S/C21H22ClNO5S2/c1-27-21(26)18-13-6-4-3-5-7-16(13)30-19(18)23-17(24)11-28-20(25)14-10-12(29-2)8-9-15(14)22/h8-10H,3-7,11H2,1-2H3,(H,23,24). The molecule has 0 spiro atoms. The molecular formula is C21H22ClNO5S2. The Balaban J connectivity index is 1.71. The van der Waals surface area contributed by atoms with Crippen LogP contribution >= 0.6 is 34.7 Å². The molecule has 0 unspecified atom stereocenters. The van der Waals surface area contributed by atoms with E-state index in [1.165, 1.54) is 30.2 Å². The van der Waals surface area contributed by atoms with Gasteiger partial charge in [-0.2, -0.15) is 0 Å². The van der Waals surface area contributed by atoms with E-state index in [4.69, 9.17) is 21.1 Å². The van der Waals surface area contributed by atoms with Gasteiger partial charge >= 0.3 is 11.9 Å². The quantitative estimate of drug-likeness (QED) is 0.367. The molecule has 1 aliphatic carbocycles. The highest BCUT2D eigenvalue weighted by Crippen LogP contribution is 2.38. The number of thioether (sulfide) groups is 1. The number of rotatable bonds is 6. The average Bonchev–Trinajstić information content (AvgIpc) is 2.91. The molecule has 9 heteroatoms. The van der Waals surface area contributed by atoms with Gasteiger partial charge < -0.3 is 14.8 Å². The monoisotopic (exact) mass is 467 g/mol. The van der Waals surface area contributed by atoms with E-state index in [0.29, 0.717) is 10.6 Å². The molecule has 1 aromatic carbocycles. The molecule has 0 radical (unpaired) electrons. The third-order valence-electron chi connectivity index (χ3n) is 4.79. The van der Waals surface area contributed by atoms with Crippen molar-refractivity contribution in [1.29, 1.82) is 0 Å². The Bertz CT molecular complexity index is 973. The van der Waals surface area contributed by atoms with E-state index >= 15 is 0 Å². The molecular weight excluding hydrogens is 446 g/mol. The molecule has 2 aromatic rings. The summed E-state index contributed by atoms with van der Waals surface area (Å²) in [6, 6.07) is 5.04. The Morgan fingerprint density at radius 2 is 1.93 bits per heavy atom. The predicted octanol–water partition coefficient (Wildman–Crippen LogP) is 4.97. The van der Waals surface area contributed by atoms with Crippen LogP contribution < -0.4 is 5.32 Å². The number of ether oxygens (including phenoxy) is 2. The molecule has 1 heterocycles. The molecule has 0 fully saturated rings. The number of benzene rings is 1. The van der Waals surface area contributed by atoms with Gasteiger partial charge in [0.25, 0.3) is 5.91 Å². The second kappa shape index (κ2) is 10.3. The summed E-state index contributed by atoms with van der Waals surface area (Å²) < 4.78 is 10.1. The molecule has 0 atom stereocenters. The van der Waals surface area contributed by atoms with Crippen LogP contribution in [0.5, 0.6) is 0 Å². The number of aryl methyl sites for hydroxylation is 1. The number of methoxy groups -OCH3 is 1. The number of carbonyl (C=O) groups excluding carboxylic acids is 3. The molecule has 1 aromatic heterocycles. The van der Waals surface area contributed by atoms with Crippen LogP contribution in [0, 0.1) is 0 Å². The minimum absolute atomic E-state index is 0.203. The maximum absolute atomic E-state index is 12.4. The number of hydrogen-bond acceptors (Lipinski definition) is 7. The second-order valence-corrected chi connectivity index (χ2v) is 9.12. The van der Waals surface area contributed by atoms with Gasteiger partial charge in [0.05, 0.1) is 23.3 Å². The van der Waals surface area contributed by atoms with Gasteiger partial charge in [-0.3, -0.25) is 4.79 Å². The number of esters is 2. The molecule has 0 bridgehead atoms. The molecule has 3 rings (SSSR count). The van der Waals surface area contributed by atoms with Crippen LogP contribution in [0.15, 0.2) is 23.1 Å². The molecule has 0 saturated carbocycles. The van der Waals surface area contributed by atoms with Crippen LogP contribution in [-0.4, -0.2) is 37.8 Å². The van der Waals surface area contributed by atoms with Crippen molar-refractivity contribution in [3.8, 4) is 0 Å². The SMILES string of the molecule is COC(=O)c1c(NC(=O)COC(=O)c2cc(SC)ccc2Cl)sc2c1CCCCC2. The van der Waals surface area contributed by atoms with Crippen molar-refractivity contribution >= 4 is 57.5 Å². The zero-order chi connectivity index (χ0) is 21.7. The summed E-state index contributed by atoms with van der Waals surface area (Å²) in [6.07, 6.45) is 6.70. The van der Waals surface area contributed by atoms with Gasteiger partial charge in [0.15, 0.2) is 6.61 Å². The third kappa shape index (κ3) is 5.17. The summed E-state index contributed by atoms with van der Waals surface area (Å²) >= 11 is 8.93. The van der Waals surface area contributed by atoms with Crippen LogP contribution in [0.3, 0.4) is 0 Å². The Kier molecular flexibility index (Phi) is 7.80. The van der Waals surface area contributed by atoms with Crippen LogP contribution in [0.25, 0.3) is 0 Å². The molecule has 1 aliphatic rings. The normalized spacial score (nSPS) is 13.2. The number of hydrogen-bond donors (Lipinski definition) is 1. The lowest BCUT2D eigenvalue weighted by atomic mass is 10.1. The first kappa shape index (κ1) is 22.7. The van der Waals surface area contributed by atoms with E-state index in [0.717, 1.165) is 47.4 Å². The van der Waals surface area contributed by atoms with Crippen molar-refractivity contribution in [3.63, 3.8) is 0 Å². The van der Waals surface area contributed by atoms with Gasteiger partial charge in [-0.25, -0.2) is 9.59 Å². The fourth-order valence-corrected chi connectivity index (χ4v) is 5.24. The number of fused-ring (bicyclic) bond motifs is 1. The molecule has 160 valence electrons. The Labute approximate surface area is 188 Å². The highest BCUT2D eigenvalue weighted by atomic mass is 35.5. The third-order valence-corrected chi connectivity index (χ3v) is 7.05. The topological polar surface area (TPSA) is 81.7 Å². The van der Waals surface area contributed by atoms with Gasteiger partial charge in [0.2, 0.25) is 0 Å². The molecule has 1 N–H and O–H groups in total. The first-order chi connectivity index (χ1) is 14.4.